The molecule has 2 rings (SSSR count). The van der Waals surface area contributed by atoms with Gasteiger partial charge in [-0.15, -0.1) is 11.8 Å². The molecule has 1 aliphatic heterocycles. The Labute approximate surface area is 98.5 Å². The van der Waals surface area contributed by atoms with E-state index in [1.54, 1.807) is 0 Å². The fourth-order valence-corrected chi connectivity index (χ4v) is 2.52. The summed E-state index contributed by atoms with van der Waals surface area (Å²) >= 11 is 1.84. The Morgan fingerprint density at radius 1 is 1.50 bits per heavy atom. The number of hydrogen-bond acceptors (Lipinski definition) is 4. The monoisotopic (exact) mass is 238 g/mol. The van der Waals surface area contributed by atoms with Crippen molar-refractivity contribution in [2.24, 2.45) is 10.9 Å². The van der Waals surface area contributed by atoms with Gasteiger partial charge in [0.1, 0.15) is 0 Å². The normalized spacial score (nSPS) is 17.1. The van der Waals surface area contributed by atoms with Gasteiger partial charge < -0.3 is 15.7 Å². The van der Waals surface area contributed by atoms with Gasteiger partial charge in [0.2, 0.25) is 0 Å². The Hall–Kier alpha value is -1.20. The number of hydrogen-bond donors (Lipinski definition) is 2. The second kappa shape index (κ2) is 5.23. The smallest absolute Gasteiger partial charge is 0.170 e. The summed E-state index contributed by atoms with van der Waals surface area (Å²) < 4.78 is 5.11. The van der Waals surface area contributed by atoms with Crippen LogP contribution in [0, 0.1) is 0 Å². The molecule has 0 saturated carbocycles. The SMILES string of the molecule is NC(=NO)c1ccccc1CSC1COC1. The molecule has 0 amide bonds. The molecule has 16 heavy (non-hydrogen) atoms. The molecule has 1 saturated heterocycles. The highest BCUT2D eigenvalue weighted by Gasteiger charge is 2.19. The number of thioether (sulfide) groups is 1. The molecule has 0 radical (unpaired) electrons. The van der Waals surface area contributed by atoms with E-state index in [2.05, 4.69) is 5.16 Å². The quantitative estimate of drug-likeness (QED) is 0.360. The molecular formula is C11H14N2O2S. The maximum atomic E-state index is 8.68. The first-order valence-corrected chi connectivity index (χ1v) is 6.11. The van der Waals surface area contributed by atoms with E-state index in [-0.39, 0.29) is 5.84 Å². The summed E-state index contributed by atoms with van der Waals surface area (Å²) in [5.41, 5.74) is 7.51. The van der Waals surface area contributed by atoms with Crippen LogP contribution in [-0.2, 0) is 10.5 Å². The van der Waals surface area contributed by atoms with Crippen LogP contribution < -0.4 is 5.73 Å². The summed E-state index contributed by atoms with van der Waals surface area (Å²) in [5, 5.41) is 12.3. The van der Waals surface area contributed by atoms with Gasteiger partial charge in [-0.25, -0.2) is 0 Å². The number of amidine groups is 1. The summed E-state index contributed by atoms with van der Waals surface area (Å²) in [5.74, 6) is 1.03. The van der Waals surface area contributed by atoms with Crippen LogP contribution in [0.3, 0.4) is 0 Å². The molecule has 0 bridgehead atoms. The number of nitrogens with two attached hydrogens (primary N) is 1. The average Bonchev–Trinajstić information content (AvgIpc) is 2.26. The van der Waals surface area contributed by atoms with Crippen molar-refractivity contribution in [3.63, 3.8) is 0 Å². The van der Waals surface area contributed by atoms with Crippen molar-refractivity contribution in [1.82, 2.24) is 0 Å². The first-order chi connectivity index (χ1) is 7.81. The van der Waals surface area contributed by atoms with E-state index in [4.69, 9.17) is 15.7 Å². The van der Waals surface area contributed by atoms with Crippen LogP contribution in [-0.4, -0.2) is 29.5 Å². The maximum absolute atomic E-state index is 8.68. The second-order valence-electron chi connectivity index (χ2n) is 3.61. The van der Waals surface area contributed by atoms with Gasteiger partial charge in [0.25, 0.3) is 0 Å². The number of benzene rings is 1. The lowest BCUT2D eigenvalue weighted by Crippen LogP contribution is -2.30. The molecule has 1 aromatic rings. The summed E-state index contributed by atoms with van der Waals surface area (Å²) in [7, 11) is 0. The highest BCUT2D eigenvalue weighted by molar-refractivity contribution is 7.99. The van der Waals surface area contributed by atoms with Crippen LogP contribution in [0.1, 0.15) is 11.1 Å². The third kappa shape index (κ3) is 2.48. The third-order valence-electron chi connectivity index (χ3n) is 2.48. The molecule has 0 spiro atoms. The van der Waals surface area contributed by atoms with E-state index in [1.807, 2.05) is 36.0 Å². The number of nitrogens with zero attached hydrogens (tertiary/aromatic N) is 1. The fourth-order valence-electron chi connectivity index (χ4n) is 1.47. The summed E-state index contributed by atoms with van der Waals surface area (Å²) in [4.78, 5) is 0. The van der Waals surface area contributed by atoms with E-state index >= 15 is 0 Å². The van der Waals surface area contributed by atoms with Crippen LogP contribution in [0.25, 0.3) is 0 Å². The van der Waals surface area contributed by atoms with Crippen molar-refractivity contribution in [1.29, 1.82) is 0 Å². The lowest BCUT2D eigenvalue weighted by Gasteiger charge is -2.25. The van der Waals surface area contributed by atoms with E-state index < -0.39 is 0 Å². The van der Waals surface area contributed by atoms with Gasteiger partial charge in [0.05, 0.1) is 18.5 Å². The largest absolute Gasteiger partial charge is 0.409 e. The van der Waals surface area contributed by atoms with Crippen LogP contribution in [0.15, 0.2) is 29.4 Å². The van der Waals surface area contributed by atoms with Crippen molar-refractivity contribution >= 4 is 17.6 Å². The first-order valence-electron chi connectivity index (χ1n) is 5.06. The molecular weight excluding hydrogens is 224 g/mol. The molecule has 3 N–H and O–H groups in total. The highest BCUT2D eigenvalue weighted by atomic mass is 32.2. The van der Waals surface area contributed by atoms with Crippen molar-refractivity contribution in [2.75, 3.05) is 13.2 Å². The Kier molecular flexibility index (Phi) is 3.69. The standard InChI is InChI=1S/C11H14N2O2S/c12-11(13-14)10-4-2-1-3-8(10)7-16-9-5-15-6-9/h1-4,9,14H,5-7H2,(H2,12,13). The summed E-state index contributed by atoms with van der Waals surface area (Å²) in [6.07, 6.45) is 0. The zero-order valence-electron chi connectivity index (χ0n) is 8.80. The number of rotatable bonds is 4. The Balaban J connectivity index is 2.06. The molecule has 0 aliphatic carbocycles. The molecule has 1 fully saturated rings. The lowest BCUT2D eigenvalue weighted by atomic mass is 10.1. The van der Waals surface area contributed by atoms with Gasteiger partial charge in [-0.3, -0.25) is 0 Å². The van der Waals surface area contributed by atoms with Gasteiger partial charge >= 0.3 is 0 Å². The van der Waals surface area contributed by atoms with Gasteiger partial charge in [0.15, 0.2) is 5.84 Å². The van der Waals surface area contributed by atoms with Gasteiger partial charge in [-0.05, 0) is 5.56 Å². The van der Waals surface area contributed by atoms with Crippen LogP contribution in [0.5, 0.6) is 0 Å². The molecule has 4 nitrogen and oxygen atoms in total. The third-order valence-corrected chi connectivity index (χ3v) is 3.70. The molecule has 0 atom stereocenters. The number of ether oxygens (including phenoxy) is 1. The Bertz CT molecular complexity index is 391. The van der Waals surface area contributed by atoms with Crippen molar-refractivity contribution < 1.29 is 9.94 Å². The fraction of sp³-hybridized carbons (Fsp3) is 0.364. The van der Waals surface area contributed by atoms with Crippen LogP contribution in [0.2, 0.25) is 0 Å². The van der Waals surface area contributed by atoms with E-state index in [1.165, 1.54) is 0 Å². The molecule has 1 aromatic carbocycles. The van der Waals surface area contributed by atoms with Gasteiger partial charge in [-0.1, -0.05) is 29.4 Å². The minimum atomic E-state index is 0.168. The predicted octanol–water partition coefficient (Wildman–Crippen LogP) is 1.41. The maximum Gasteiger partial charge on any atom is 0.170 e. The number of oxime groups is 1. The van der Waals surface area contributed by atoms with E-state index in [0.717, 1.165) is 30.1 Å². The van der Waals surface area contributed by atoms with Gasteiger partial charge in [-0.2, -0.15) is 0 Å². The molecule has 0 aromatic heterocycles. The predicted molar refractivity (Wildman–Crippen MR) is 64.9 cm³/mol. The zero-order valence-corrected chi connectivity index (χ0v) is 9.61. The molecule has 5 heteroatoms. The van der Waals surface area contributed by atoms with Crippen LogP contribution >= 0.6 is 11.8 Å². The minimum Gasteiger partial charge on any atom is -0.409 e. The van der Waals surface area contributed by atoms with E-state index in [9.17, 15) is 0 Å². The first kappa shape index (κ1) is 11.3. The molecule has 1 aliphatic rings. The Morgan fingerprint density at radius 3 is 2.88 bits per heavy atom. The van der Waals surface area contributed by atoms with Crippen molar-refractivity contribution in [2.45, 2.75) is 11.0 Å². The second-order valence-corrected chi connectivity index (χ2v) is 4.90. The average molecular weight is 238 g/mol. The molecule has 1 heterocycles. The lowest BCUT2D eigenvalue weighted by molar-refractivity contribution is 0.0455. The van der Waals surface area contributed by atoms with E-state index in [0.29, 0.717) is 5.25 Å². The molecule has 86 valence electrons. The minimum absolute atomic E-state index is 0.168. The topological polar surface area (TPSA) is 67.8 Å². The molecule has 0 unspecified atom stereocenters. The summed E-state index contributed by atoms with van der Waals surface area (Å²) in [6.45, 7) is 1.66. The highest BCUT2D eigenvalue weighted by Crippen LogP contribution is 2.24. The Morgan fingerprint density at radius 2 is 2.25 bits per heavy atom. The zero-order chi connectivity index (χ0) is 11.4. The van der Waals surface area contributed by atoms with Crippen molar-refractivity contribution in [3.8, 4) is 0 Å². The van der Waals surface area contributed by atoms with Crippen LogP contribution in [0.4, 0.5) is 0 Å². The summed E-state index contributed by atoms with van der Waals surface area (Å²) in [6, 6.07) is 7.71. The van der Waals surface area contributed by atoms with Gasteiger partial charge in [0, 0.05) is 11.3 Å². The van der Waals surface area contributed by atoms with Crippen molar-refractivity contribution in [3.05, 3.63) is 35.4 Å².